The summed E-state index contributed by atoms with van der Waals surface area (Å²) in [4.78, 5) is 11.1. The predicted octanol–water partition coefficient (Wildman–Crippen LogP) is 0.623. The van der Waals surface area contributed by atoms with E-state index in [0.29, 0.717) is 19.5 Å². The monoisotopic (exact) mass is 316 g/mol. The SMILES string of the molecule is CNCCCN(C)S(=O)(=O)c1ccc(OC)c(C(=O)O)c1. The second-order valence-corrected chi connectivity index (χ2v) is 6.50. The average molecular weight is 316 g/mol. The zero-order valence-corrected chi connectivity index (χ0v) is 13.1. The maximum atomic E-state index is 12.4. The summed E-state index contributed by atoms with van der Waals surface area (Å²) >= 11 is 0. The molecule has 0 radical (unpaired) electrons. The normalized spacial score (nSPS) is 11.6. The lowest BCUT2D eigenvalue weighted by Crippen LogP contribution is -2.29. The highest BCUT2D eigenvalue weighted by atomic mass is 32.2. The third-order valence-corrected chi connectivity index (χ3v) is 4.86. The van der Waals surface area contributed by atoms with E-state index >= 15 is 0 Å². The number of carbonyl (C=O) groups is 1. The number of ether oxygens (including phenoxy) is 1. The first-order chi connectivity index (χ1) is 9.84. The Morgan fingerprint density at radius 2 is 2.10 bits per heavy atom. The van der Waals surface area contributed by atoms with Crippen molar-refractivity contribution in [3.63, 3.8) is 0 Å². The average Bonchev–Trinajstić information content (AvgIpc) is 2.46. The Morgan fingerprint density at radius 3 is 2.62 bits per heavy atom. The van der Waals surface area contributed by atoms with E-state index in [4.69, 9.17) is 9.84 Å². The second kappa shape index (κ2) is 7.39. The maximum Gasteiger partial charge on any atom is 0.339 e. The summed E-state index contributed by atoms with van der Waals surface area (Å²) in [5.41, 5.74) is -0.179. The number of nitrogens with zero attached hydrogens (tertiary/aromatic N) is 1. The Kier molecular flexibility index (Phi) is 6.13. The van der Waals surface area contributed by atoms with Crippen LogP contribution in [-0.2, 0) is 10.0 Å². The van der Waals surface area contributed by atoms with Crippen LogP contribution in [0.4, 0.5) is 0 Å². The molecule has 1 rings (SSSR count). The molecule has 8 heteroatoms. The molecule has 1 aromatic carbocycles. The molecule has 0 bridgehead atoms. The molecule has 0 aliphatic carbocycles. The number of methoxy groups -OCH3 is 1. The lowest BCUT2D eigenvalue weighted by molar-refractivity contribution is 0.0693. The summed E-state index contributed by atoms with van der Waals surface area (Å²) in [5.74, 6) is -1.11. The molecule has 0 atom stereocenters. The van der Waals surface area contributed by atoms with Crippen molar-refractivity contribution in [2.75, 3.05) is 34.3 Å². The summed E-state index contributed by atoms with van der Waals surface area (Å²) < 4.78 is 30.9. The van der Waals surface area contributed by atoms with Crippen molar-refractivity contribution >= 4 is 16.0 Å². The molecule has 0 aliphatic heterocycles. The van der Waals surface area contributed by atoms with Gasteiger partial charge in [0.1, 0.15) is 11.3 Å². The molecular weight excluding hydrogens is 296 g/mol. The van der Waals surface area contributed by atoms with Gasteiger partial charge >= 0.3 is 5.97 Å². The van der Waals surface area contributed by atoms with Gasteiger partial charge in [-0.05, 0) is 38.2 Å². The number of hydrogen-bond donors (Lipinski definition) is 2. The minimum atomic E-state index is -3.71. The quantitative estimate of drug-likeness (QED) is 0.683. The summed E-state index contributed by atoms with van der Waals surface area (Å²) in [6.07, 6.45) is 0.661. The highest BCUT2D eigenvalue weighted by molar-refractivity contribution is 7.89. The fraction of sp³-hybridized carbons (Fsp3) is 0.462. The number of aromatic carboxylic acids is 1. The number of nitrogens with one attached hydrogen (secondary N) is 1. The van der Waals surface area contributed by atoms with E-state index in [-0.39, 0.29) is 16.2 Å². The molecule has 0 saturated heterocycles. The molecule has 7 nitrogen and oxygen atoms in total. The van der Waals surface area contributed by atoms with Crippen LogP contribution in [0.5, 0.6) is 5.75 Å². The highest BCUT2D eigenvalue weighted by Gasteiger charge is 2.23. The van der Waals surface area contributed by atoms with Crippen molar-refractivity contribution in [3.8, 4) is 5.75 Å². The lowest BCUT2D eigenvalue weighted by atomic mass is 10.2. The molecular formula is C13H20N2O5S. The van der Waals surface area contributed by atoms with E-state index in [1.54, 1.807) is 7.05 Å². The van der Waals surface area contributed by atoms with Gasteiger partial charge in [0.15, 0.2) is 0 Å². The van der Waals surface area contributed by atoms with E-state index < -0.39 is 16.0 Å². The van der Waals surface area contributed by atoms with Crippen LogP contribution >= 0.6 is 0 Å². The fourth-order valence-corrected chi connectivity index (χ4v) is 3.03. The molecule has 0 unspecified atom stereocenters. The number of rotatable bonds is 8. The zero-order valence-electron chi connectivity index (χ0n) is 12.3. The van der Waals surface area contributed by atoms with Crippen molar-refractivity contribution in [2.24, 2.45) is 0 Å². The van der Waals surface area contributed by atoms with Gasteiger partial charge in [0.25, 0.3) is 0 Å². The van der Waals surface area contributed by atoms with E-state index in [9.17, 15) is 13.2 Å². The van der Waals surface area contributed by atoms with Gasteiger partial charge in [0, 0.05) is 13.6 Å². The van der Waals surface area contributed by atoms with Crippen molar-refractivity contribution < 1.29 is 23.1 Å². The number of hydrogen-bond acceptors (Lipinski definition) is 5. The van der Waals surface area contributed by atoms with Crippen LogP contribution in [0.3, 0.4) is 0 Å². The number of sulfonamides is 1. The third kappa shape index (κ3) is 4.16. The van der Waals surface area contributed by atoms with Crippen molar-refractivity contribution in [2.45, 2.75) is 11.3 Å². The molecule has 118 valence electrons. The van der Waals surface area contributed by atoms with Gasteiger partial charge in [-0.25, -0.2) is 17.5 Å². The van der Waals surface area contributed by atoms with Crippen LogP contribution in [0.25, 0.3) is 0 Å². The number of benzene rings is 1. The first-order valence-electron chi connectivity index (χ1n) is 6.37. The van der Waals surface area contributed by atoms with Gasteiger partial charge in [-0.3, -0.25) is 0 Å². The van der Waals surface area contributed by atoms with Crippen LogP contribution < -0.4 is 10.1 Å². The Labute approximate surface area is 124 Å². The molecule has 0 aromatic heterocycles. The molecule has 0 fully saturated rings. The third-order valence-electron chi connectivity index (χ3n) is 3.01. The predicted molar refractivity (Wildman–Crippen MR) is 78.3 cm³/mol. The van der Waals surface area contributed by atoms with Crippen LogP contribution in [0, 0.1) is 0 Å². The van der Waals surface area contributed by atoms with Crippen molar-refractivity contribution in [3.05, 3.63) is 23.8 Å². The summed E-state index contributed by atoms with van der Waals surface area (Å²) in [5, 5.41) is 12.0. The molecule has 0 aliphatic rings. The van der Waals surface area contributed by atoms with Crippen molar-refractivity contribution in [1.82, 2.24) is 9.62 Å². The first-order valence-corrected chi connectivity index (χ1v) is 7.81. The maximum absolute atomic E-state index is 12.4. The Balaban J connectivity index is 3.08. The molecule has 21 heavy (non-hydrogen) atoms. The van der Waals surface area contributed by atoms with Crippen molar-refractivity contribution in [1.29, 1.82) is 0 Å². The van der Waals surface area contributed by atoms with Gasteiger partial charge in [0.2, 0.25) is 10.0 Å². The summed E-state index contributed by atoms with van der Waals surface area (Å²) in [6.45, 7) is 1.04. The van der Waals surface area contributed by atoms with Gasteiger partial charge in [0.05, 0.1) is 12.0 Å². The Bertz CT molecular complexity index is 601. The molecule has 0 spiro atoms. The second-order valence-electron chi connectivity index (χ2n) is 4.45. The minimum absolute atomic E-state index is 0.0624. The largest absolute Gasteiger partial charge is 0.496 e. The summed E-state index contributed by atoms with van der Waals surface area (Å²) in [7, 11) is 0.876. The highest BCUT2D eigenvalue weighted by Crippen LogP contribution is 2.24. The van der Waals surface area contributed by atoms with Gasteiger partial charge < -0.3 is 15.2 Å². The summed E-state index contributed by atoms with van der Waals surface area (Å²) in [6, 6.07) is 3.80. The van der Waals surface area contributed by atoms with Gasteiger partial charge in [-0.15, -0.1) is 0 Å². The van der Waals surface area contributed by atoms with Gasteiger partial charge in [-0.1, -0.05) is 0 Å². The fourth-order valence-electron chi connectivity index (χ4n) is 1.79. The zero-order chi connectivity index (χ0) is 16.0. The molecule has 2 N–H and O–H groups in total. The number of carboxylic acids is 1. The topological polar surface area (TPSA) is 95.9 Å². The van der Waals surface area contributed by atoms with E-state index in [2.05, 4.69) is 5.32 Å². The van der Waals surface area contributed by atoms with E-state index in [1.165, 1.54) is 30.6 Å². The van der Waals surface area contributed by atoms with Crippen LogP contribution in [0.2, 0.25) is 0 Å². The van der Waals surface area contributed by atoms with Crippen LogP contribution in [-0.4, -0.2) is 58.1 Å². The van der Waals surface area contributed by atoms with Crippen LogP contribution in [0.15, 0.2) is 23.1 Å². The minimum Gasteiger partial charge on any atom is -0.496 e. The standard InChI is InChI=1S/C13H20N2O5S/c1-14-7-4-8-15(2)21(18,19)10-5-6-12(20-3)11(9-10)13(16)17/h5-6,9,14H,4,7-8H2,1-3H3,(H,16,17). The molecule has 0 heterocycles. The number of carboxylic acid groups (broad SMARTS) is 1. The molecule has 1 aromatic rings. The Morgan fingerprint density at radius 1 is 1.43 bits per heavy atom. The van der Waals surface area contributed by atoms with E-state index in [0.717, 1.165) is 6.07 Å². The molecule has 0 saturated carbocycles. The van der Waals surface area contributed by atoms with Crippen LogP contribution in [0.1, 0.15) is 16.8 Å². The lowest BCUT2D eigenvalue weighted by Gasteiger charge is -2.17. The Hall–Kier alpha value is -1.64. The molecule has 0 amide bonds. The van der Waals surface area contributed by atoms with Gasteiger partial charge in [-0.2, -0.15) is 0 Å². The smallest absolute Gasteiger partial charge is 0.339 e. The first kappa shape index (κ1) is 17.4. The van der Waals surface area contributed by atoms with E-state index in [1.807, 2.05) is 0 Å².